The topological polar surface area (TPSA) is 97.0 Å². The predicted molar refractivity (Wildman–Crippen MR) is 91.8 cm³/mol. The standard InChI is InChI=1S/C18H21N3O5/c1-3-24-17(22)15-13(11-21(2)10-12-6-4-8-25-12)19-18(23)20-16(15)14-7-5-9-26-14/h4-9,16H,3,10-11H2,1-2H3,(H2,19,20,23). The Kier molecular flexibility index (Phi) is 5.43. The molecule has 0 aliphatic carbocycles. The molecule has 0 spiro atoms. The van der Waals surface area contributed by atoms with Crippen molar-refractivity contribution < 1.29 is 23.2 Å². The summed E-state index contributed by atoms with van der Waals surface area (Å²) in [6.45, 7) is 2.83. The van der Waals surface area contributed by atoms with Crippen molar-refractivity contribution in [3.63, 3.8) is 0 Å². The Balaban J connectivity index is 1.90. The molecule has 3 heterocycles. The average molecular weight is 359 g/mol. The summed E-state index contributed by atoms with van der Waals surface area (Å²) in [4.78, 5) is 26.6. The zero-order valence-electron chi connectivity index (χ0n) is 14.7. The van der Waals surface area contributed by atoms with Gasteiger partial charge in [0.05, 0.1) is 31.3 Å². The molecular weight excluding hydrogens is 338 g/mol. The van der Waals surface area contributed by atoms with Crippen molar-refractivity contribution in [3.8, 4) is 0 Å². The van der Waals surface area contributed by atoms with Gasteiger partial charge in [0.25, 0.3) is 0 Å². The number of nitrogens with one attached hydrogen (secondary N) is 2. The molecule has 1 unspecified atom stereocenters. The minimum absolute atomic E-state index is 0.233. The molecule has 2 aromatic rings. The van der Waals surface area contributed by atoms with Crippen LogP contribution >= 0.6 is 0 Å². The van der Waals surface area contributed by atoms with Gasteiger partial charge in [-0.1, -0.05) is 0 Å². The van der Waals surface area contributed by atoms with Gasteiger partial charge in [-0.3, -0.25) is 4.90 Å². The van der Waals surface area contributed by atoms with E-state index in [-0.39, 0.29) is 6.61 Å². The summed E-state index contributed by atoms with van der Waals surface area (Å²) in [5, 5.41) is 5.44. The first-order valence-electron chi connectivity index (χ1n) is 8.30. The van der Waals surface area contributed by atoms with E-state index in [0.29, 0.717) is 30.1 Å². The van der Waals surface area contributed by atoms with Crippen molar-refractivity contribution in [2.45, 2.75) is 19.5 Å². The third kappa shape index (κ3) is 3.97. The molecule has 0 fully saturated rings. The molecule has 2 N–H and O–H groups in total. The van der Waals surface area contributed by atoms with E-state index in [0.717, 1.165) is 5.76 Å². The molecule has 3 rings (SSSR count). The number of carbonyl (C=O) groups excluding carboxylic acids is 2. The number of carbonyl (C=O) groups is 2. The maximum absolute atomic E-state index is 12.6. The lowest BCUT2D eigenvalue weighted by Crippen LogP contribution is -2.48. The van der Waals surface area contributed by atoms with Crippen LogP contribution in [0.1, 0.15) is 24.5 Å². The van der Waals surface area contributed by atoms with E-state index in [2.05, 4.69) is 10.6 Å². The van der Waals surface area contributed by atoms with Crippen LogP contribution in [-0.4, -0.2) is 37.1 Å². The van der Waals surface area contributed by atoms with Crippen LogP contribution in [0.25, 0.3) is 0 Å². The first-order valence-corrected chi connectivity index (χ1v) is 8.30. The molecule has 1 aliphatic rings. The number of hydrogen-bond donors (Lipinski definition) is 2. The summed E-state index contributed by atoms with van der Waals surface area (Å²) in [6.07, 6.45) is 3.10. The van der Waals surface area contributed by atoms with Gasteiger partial charge >= 0.3 is 12.0 Å². The van der Waals surface area contributed by atoms with E-state index < -0.39 is 18.0 Å². The Morgan fingerprint density at radius 2 is 2.00 bits per heavy atom. The molecule has 1 atom stereocenters. The van der Waals surface area contributed by atoms with Crippen molar-refractivity contribution >= 4 is 12.0 Å². The van der Waals surface area contributed by atoms with E-state index in [1.165, 1.54) is 6.26 Å². The summed E-state index contributed by atoms with van der Waals surface area (Å²) < 4.78 is 15.9. The van der Waals surface area contributed by atoms with E-state index in [4.69, 9.17) is 13.6 Å². The van der Waals surface area contributed by atoms with Gasteiger partial charge in [-0.25, -0.2) is 9.59 Å². The molecule has 1 aliphatic heterocycles. The van der Waals surface area contributed by atoms with Gasteiger partial charge in [0.2, 0.25) is 0 Å². The molecule has 138 valence electrons. The third-order valence-corrected chi connectivity index (χ3v) is 3.91. The Morgan fingerprint density at radius 3 is 2.65 bits per heavy atom. The molecule has 8 heteroatoms. The molecular formula is C18H21N3O5. The van der Waals surface area contributed by atoms with Crippen LogP contribution in [0.4, 0.5) is 4.79 Å². The lowest BCUT2D eigenvalue weighted by Gasteiger charge is -2.29. The number of esters is 1. The van der Waals surface area contributed by atoms with Crippen molar-refractivity contribution in [2.75, 3.05) is 20.2 Å². The van der Waals surface area contributed by atoms with Crippen molar-refractivity contribution in [1.82, 2.24) is 15.5 Å². The zero-order valence-corrected chi connectivity index (χ0v) is 14.7. The second kappa shape index (κ2) is 7.92. The molecule has 2 amide bonds. The highest BCUT2D eigenvalue weighted by Gasteiger charge is 2.35. The van der Waals surface area contributed by atoms with E-state index >= 15 is 0 Å². The summed E-state index contributed by atoms with van der Waals surface area (Å²) in [5.41, 5.74) is 0.801. The average Bonchev–Trinajstić information content (AvgIpc) is 3.27. The van der Waals surface area contributed by atoms with Crippen LogP contribution in [0.5, 0.6) is 0 Å². The number of rotatable bonds is 7. The normalized spacial score (nSPS) is 17.2. The maximum Gasteiger partial charge on any atom is 0.338 e. The van der Waals surface area contributed by atoms with Gasteiger partial charge in [0.1, 0.15) is 17.6 Å². The van der Waals surface area contributed by atoms with Gasteiger partial charge in [-0.05, 0) is 38.2 Å². The van der Waals surface area contributed by atoms with Crippen LogP contribution in [0.15, 0.2) is 56.9 Å². The highest BCUT2D eigenvalue weighted by Crippen LogP contribution is 2.28. The van der Waals surface area contributed by atoms with Crippen molar-refractivity contribution in [1.29, 1.82) is 0 Å². The summed E-state index contributed by atoms with van der Waals surface area (Å²) >= 11 is 0. The number of furan rings is 2. The predicted octanol–water partition coefficient (Wildman–Crippen LogP) is 2.18. The van der Waals surface area contributed by atoms with E-state index in [1.807, 2.05) is 24.1 Å². The van der Waals surface area contributed by atoms with E-state index in [9.17, 15) is 9.59 Å². The highest BCUT2D eigenvalue weighted by molar-refractivity contribution is 5.95. The molecule has 0 bridgehead atoms. The maximum atomic E-state index is 12.6. The molecule has 0 aromatic carbocycles. The second-order valence-corrected chi connectivity index (χ2v) is 5.91. The van der Waals surface area contributed by atoms with Crippen molar-refractivity contribution in [2.24, 2.45) is 0 Å². The summed E-state index contributed by atoms with van der Waals surface area (Å²) in [7, 11) is 1.87. The lowest BCUT2D eigenvalue weighted by molar-refractivity contribution is -0.139. The number of amides is 2. The first kappa shape index (κ1) is 17.8. The monoisotopic (exact) mass is 359 g/mol. The summed E-state index contributed by atoms with van der Waals surface area (Å²) in [5.74, 6) is 0.755. The van der Waals surface area contributed by atoms with Gasteiger partial charge < -0.3 is 24.2 Å². The Bertz CT molecular complexity index is 780. The van der Waals surface area contributed by atoms with Crippen LogP contribution < -0.4 is 10.6 Å². The molecule has 0 saturated carbocycles. The van der Waals surface area contributed by atoms with Gasteiger partial charge in [-0.15, -0.1) is 0 Å². The number of nitrogens with zero attached hydrogens (tertiary/aromatic N) is 1. The minimum Gasteiger partial charge on any atom is -0.468 e. The Labute approximate surface area is 150 Å². The van der Waals surface area contributed by atoms with Crippen LogP contribution in [0, 0.1) is 0 Å². The molecule has 26 heavy (non-hydrogen) atoms. The third-order valence-electron chi connectivity index (χ3n) is 3.91. The molecule has 2 aromatic heterocycles. The Hall–Kier alpha value is -3.00. The quantitative estimate of drug-likeness (QED) is 0.736. The fourth-order valence-corrected chi connectivity index (χ4v) is 2.86. The van der Waals surface area contributed by atoms with E-state index in [1.54, 1.807) is 25.3 Å². The molecule has 0 saturated heterocycles. The number of ether oxygens (including phenoxy) is 1. The number of likely N-dealkylation sites (N-methyl/N-ethyl adjacent to an activating group) is 1. The van der Waals surface area contributed by atoms with Gasteiger partial charge in [0, 0.05) is 12.2 Å². The SMILES string of the molecule is CCOC(=O)C1=C(CN(C)Cc2ccco2)NC(=O)NC1c1ccco1. The molecule has 0 radical (unpaired) electrons. The van der Waals surface area contributed by atoms with Gasteiger partial charge in [-0.2, -0.15) is 0 Å². The van der Waals surface area contributed by atoms with Crippen LogP contribution in [0.3, 0.4) is 0 Å². The fourth-order valence-electron chi connectivity index (χ4n) is 2.86. The minimum atomic E-state index is -0.704. The van der Waals surface area contributed by atoms with Crippen molar-refractivity contribution in [3.05, 3.63) is 59.6 Å². The number of hydrogen-bond acceptors (Lipinski definition) is 6. The highest BCUT2D eigenvalue weighted by atomic mass is 16.5. The second-order valence-electron chi connectivity index (χ2n) is 5.91. The zero-order chi connectivity index (χ0) is 18.5. The number of urea groups is 1. The smallest absolute Gasteiger partial charge is 0.338 e. The lowest BCUT2D eigenvalue weighted by atomic mass is 10.00. The summed E-state index contributed by atoms with van der Waals surface area (Å²) in [6, 6.07) is 5.98. The fraction of sp³-hybridized carbons (Fsp3) is 0.333. The van der Waals surface area contributed by atoms with Crippen LogP contribution in [-0.2, 0) is 16.1 Å². The first-order chi connectivity index (χ1) is 12.6. The Morgan fingerprint density at radius 1 is 1.23 bits per heavy atom. The van der Waals surface area contributed by atoms with Crippen LogP contribution in [0.2, 0.25) is 0 Å². The van der Waals surface area contributed by atoms with Gasteiger partial charge in [0.15, 0.2) is 0 Å². The largest absolute Gasteiger partial charge is 0.468 e. The molecule has 8 nitrogen and oxygen atoms in total.